The number of hydrogen-bond donors (Lipinski definition) is 2. The Labute approximate surface area is 111 Å². The molecule has 4 heteroatoms. The molecule has 0 heterocycles. The van der Waals surface area contributed by atoms with Gasteiger partial charge in [-0.1, -0.05) is 36.7 Å². The zero-order valence-electron chi connectivity index (χ0n) is 10.7. The number of halogens is 1. The second kappa shape index (κ2) is 5.19. The molecule has 0 bridgehead atoms. The molecule has 0 spiro atoms. The van der Waals surface area contributed by atoms with Crippen LogP contribution in [-0.4, -0.2) is 11.9 Å². The van der Waals surface area contributed by atoms with E-state index in [0.717, 1.165) is 15.7 Å². The van der Waals surface area contributed by atoms with Crippen molar-refractivity contribution in [2.24, 2.45) is 11.1 Å². The highest BCUT2D eigenvalue weighted by Gasteiger charge is 2.27. The summed E-state index contributed by atoms with van der Waals surface area (Å²) in [4.78, 5) is 11.9. The maximum Gasteiger partial charge on any atom is 0.241 e. The van der Waals surface area contributed by atoms with Crippen LogP contribution in [0.25, 0.3) is 0 Å². The van der Waals surface area contributed by atoms with Crippen molar-refractivity contribution < 1.29 is 4.79 Å². The van der Waals surface area contributed by atoms with Gasteiger partial charge in [-0.15, -0.1) is 0 Å². The SMILES string of the molecule is Cc1cc(NC(=O)C(N)C(C)(C)C)ccc1Br. The fraction of sp³-hybridized carbons (Fsp3) is 0.462. The summed E-state index contributed by atoms with van der Waals surface area (Å²) in [6.45, 7) is 7.82. The Hall–Kier alpha value is -0.870. The van der Waals surface area contributed by atoms with E-state index in [1.54, 1.807) is 0 Å². The van der Waals surface area contributed by atoms with E-state index in [-0.39, 0.29) is 11.3 Å². The highest BCUT2D eigenvalue weighted by molar-refractivity contribution is 9.10. The number of rotatable bonds is 2. The highest BCUT2D eigenvalue weighted by Crippen LogP contribution is 2.22. The van der Waals surface area contributed by atoms with Crippen molar-refractivity contribution in [3.63, 3.8) is 0 Å². The van der Waals surface area contributed by atoms with Crippen LogP contribution in [0.3, 0.4) is 0 Å². The molecule has 3 N–H and O–H groups in total. The lowest BCUT2D eigenvalue weighted by atomic mass is 9.87. The molecule has 1 aromatic carbocycles. The minimum absolute atomic E-state index is 0.153. The van der Waals surface area contributed by atoms with Crippen molar-refractivity contribution in [1.29, 1.82) is 0 Å². The van der Waals surface area contributed by atoms with Crippen molar-refractivity contribution in [2.45, 2.75) is 33.7 Å². The Bertz CT molecular complexity index is 424. The second-order valence-corrected chi connectivity index (χ2v) is 6.15. The summed E-state index contributed by atoms with van der Waals surface area (Å²) in [6.07, 6.45) is 0. The first kappa shape index (κ1) is 14.2. The standard InChI is InChI=1S/C13H19BrN2O/c1-8-7-9(5-6-10(8)14)16-12(17)11(15)13(2,3)4/h5-7,11H,15H2,1-4H3,(H,16,17). The van der Waals surface area contributed by atoms with Crippen LogP contribution < -0.4 is 11.1 Å². The summed E-state index contributed by atoms with van der Waals surface area (Å²) in [5, 5.41) is 2.83. The van der Waals surface area contributed by atoms with E-state index in [1.807, 2.05) is 45.9 Å². The number of carbonyl (C=O) groups is 1. The number of hydrogen-bond acceptors (Lipinski definition) is 2. The number of anilines is 1. The third kappa shape index (κ3) is 3.82. The summed E-state index contributed by atoms with van der Waals surface area (Å²) < 4.78 is 1.02. The van der Waals surface area contributed by atoms with Crippen molar-refractivity contribution in [3.05, 3.63) is 28.2 Å². The molecule has 17 heavy (non-hydrogen) atoms. The Morgan fingerprint density at radius 3 is 2.47 bits per heavy atom. The van der Waals surface area contributed by atoms with E-state index < -0.39 is 6.04 Å². The molecule has 94 valence electrons. The van der Waals surface area contributed by atoms with E-state index in [9.17, 15) is 4.79 Å². The van der Waals surface area contributed by atoms with Crippen LogP contribution in [0.2, 0.25) is 0 Å². The van der Waals surface area contributed by atoms with Gasteiger partial charge in [0.1, 0.15) is 0 Å². The van der Waals surface area contributed by atoms with Gasteiger partial charge < -0.3 is 11.1 Å². The van der Waals surface area contributed by atoms with Gasteiger partial charge in [0.05, 0.1) is 6.04 Å². The smallest absolute Gasteiger partial charge is 0.241 e. The van der Waals surface area contributed by atoms with Gasteiger partial charge in [-0.2, -0.15) is 0 Å². The van der Waals surface area contributed by atoms with E-state index in [4.69, 9.17) is 5.73 Å². The Kier molecular flexibility index (Phi) is 4.33. The molecular formula is C13H19BrN2O. The number of benzene rings is 1. The van der Waals surface area contributed by atoms with Crippen LogP contribution in [0, 0.1) is 12.3 Å². The van der Waals surface area contributed by atoms with Gasteiger partial charge in [-0.25, -0.2) is 0 Å². The summed E-state index contributed by atoms with van der Waals surface area (Å²) in [6, 6.07) is 5.15. The van der Waals surface area contributed by atoms with Gasteiger partial charge in [0, 0.05) is 10.2 Å². The molecule has 0 saturated carbocycles. The molecule has 0 saturated heterocycles. The summed E-state index contributed by atoms with van der Waals surface area (Å²) in [5.41, 5.74) is 7.50. The lowest BCUT2D eigenvalue weighted by Gasteiger charge is -2.25. The molecule has 0 aliphatic rings. The lowest BCUT2D eigenvalue weighted by Crippen LogP contribution is -2.45. The molecule has 0 fully saturated rings. The predicted molar refractivity (Wildman–Crippen MR) is 74.9 cm³/mol. The topological polar surface area (TPSA) is 55.1 Å². The maximum absolute atomic E-state index is 11.9. The Balaban J connectivity index is 2.78. The highest BCUT2D eigenvalue weighted by atomic mass is 79.9. The number of nitrogens with one attached hydrogen (secondary N) is 1. The first-order valence-corrected chi connectivity index (χ1v) is 6.33. The number of nitrogens with two attached hydrogens (primary N) is 1. The molecule has 1 atom stereocenters. The molecule has 1 rings (SSSR count). The van der Waals surface area contributed by atoms with Gasteiger partial charge in [-0.05, 0) is 36.1 Å². The monoisotopic (exact) mass is 298 g/mol. The third-order valence-electron chi connectivity index (χ3n) is 2.64. The van der Waals surface area contributed by atoms with Crippen LogP contribution in [0.4, 0.5) is 5.69 Å². The van der Waals surface area contributed by atoms with Gasteiger partial charge in [0.15, 0.2) is 0 Å². The first-order chi connectivity index (χ1) is 7.71. The number of aryl methyl sites for hydroxylation is 1. The molecule has 1 unspecified atom stereocenters. The van der Waals surface area contributed by atoms with Crippen molar-refractivity contribution in [1.82, 2.24) is 0 Å². The van der Waals surface area contributed by atoms with Gasteiger partial charge in [0.25, 0.3) is 0 Å². The quantitative estimate of drug-likeness (QED) is 0.881. The summed E-state index contributed by atoms with van der Waals surface area (Å²) in [5.74, 6) is -0.153. The first-order valence-electron chi connectivity index (χ1n) is 5.54. The average molecular weight is 299 g/mol. The third-order valence-corrected chi connectivity index (χ3v) is 3.53. The minimum Gasteiger partial charge on any atom is -0.325 e. The van der Waals surface area contributed by atoms with Crippen molar-refractivity contribution in [2.75, 3.05) is 5.32 Å². The largest absolute Gasteiger partial charge is 0.325 e. The second-order valence-electron chi connectivity index (χ2n) is 5.30. The van der Waals surface area contributed by atoms with Crippen LogP contribution in [0.15, 0.2) is 22.7 Å². The van der Waals surface area contributed by atoms with Crippen LogP contribution in [0.5, 0.6) is 0 Å². The average Bonchev–Trinajstić information content (AvgIpc) is 2.21. The molecule has 0 aliphatic heterocycles. The normalized spacial score (nSPS) is 13.3. The van der Waals surface area contributed by atoms with E-state index in [2.05, 4.69) is 21.2 Å². The number of carbonyl (C=O) groups excluding carboxylic acids is 1. The zero-order valence-corrected chi connectivity index (χ0v) is 12.3. The van der Waals surface area contributed by atoms with Gasteiger partial charge in [0.2, 0.25) is 5.91 Å². The van der Waals surface area contributed by atoms with E-state index >= 15 is 0 Å². The van der Waals surface area contributed by atoms with Crippen molar-refractivity contribution >= 4 is 27.5 Å². The molecule has 0 aliphatic carbocycles. The zero-order chi connectivity index (χ0) is 13.2. The molecular weight excluding hydrogens is 280 g/mol. The minimum atomic E-state index is -0.522. The fourth-order valence-electron chi connectivity index (χ4n) is 1.34. The van der Waals surface area contributed by atoms with Gasteiger partial charge in [-0.3, -0.25) is 4.79 Å². The molecule has 3 nitrogen and oxygen atoms in total. The van der Waals surface area contributed by atoms with E-state index in [0.29, 0.717) is 0 Å². The predicted octanol–water partition coefficient (Wildman–Crippen LogP) is 3.07. The van der Waals surface area contributed by atoms with Crippen LogP contribution in [0.1, 0.15) is 26.3 Å². The molecule has 0 aromatic heterocycles. The molecule has 1 amide bonds. The maximum atomic E-state index is 11.9. The van der Waals surface area contributed by atoms with Crippen LogP contribution in [-0.2, 0) is 4.79 Å². The number of amides is 1. The Morgan fingerprint density at radius 2 is 2.00 bits per heavy atom. The summed E-state index contributed by atoms with van der Waals surface area (Å²) in [7, 11) is 0. The lowest BCUT2D eigenvalue weighted by molar-refractivity contribution is -0.119. The Morgan fingerprint density at radius 1 is 1.41 bits per heavy atom. The van der Waals surface area contributed by atoms with Crippen molar-refractivity contribution in [3.8, 4) is 0 Å². The molecule has 0 radical (unpaired) electrons. The fourth-order valence-corrected chi connectivity index (χ4v) is 1.58. The van der Waals surface area contributed by atoms with E-state index in [1.165, 1.54) is 0 Å². The van der Waals surface area contributed by atoms with Gasteiger partial charge >= 0.3 is 0 Å². The van der Waals surface area contributed by atoms with Crippen LogP contribution >= 0.6 is 15.9 Å². The summed E-state index contributed by atoms with van der Waals surface area (Å²) >= 11 is 3.42. The molecule has 1 aromatic rings.